The summed E-state index contributed by atoms with van der Waals surface area (Å²) in [6, 6.07) is 5.99. The molecule has 2 aliphatic heterocycles. The molecule has 1 N–H and O–H groups in total. The van der Waals surface area contributed by atoms with Crippen LogP contribution >= 0.6 is 11.6 Å². The van der Waals surface area contributed by atoms with E-state index in [2.05, 4.69) is 20.9 Å². The zero-order chi connectivity index (χ0) is 16.5. The Morgan fingerprint density at radius 1 is 1.12 bits per heavy atom. The van der Waals surface area contributed by atoms with Crippen molar-refractivity contribution in [2.75, 3.05) is 26.2 Å². The number of nitrogens with one attached hydrogen (secondary N) is 1. The molecule has 0 unspecified atom stereocenters. The number of hydrogen-bond donors (Lipinski definition) is 1. The summed E-state index contributed by atoms with van der Waals surface area (Å²) in [5, 5.41) is 4.87. The minimum Gasteiger partial charge on any atom is -0.350 e. The Labute approximate surface area is 147 Å². The maximum Gasteiger partial charge on any atom is 0.268 e. The molecular weight excluding hydrogens is 322 g/mol. The van der Waals surface area contributed by atoms with Crippen LogP contribution in [-0.4, -0.2) is 41.6 Å². The first-order valence-corrected chi connectivity index (χ1v) is 9.43. The van der Waals surface area contributed by atoms with Crippen LogP contribution in [0.5, 0.6) is 0 Å². The monoisotopic (exact) mass is 345 g/mol. The molecule has 2 aliphatic rings. The lowest BCUT2D eigenvalue weighted by molar-refractivity contribution is 0.0936. The van der Waals surface area contributed by atoms with E-state index in [0.717, 1.165) is 53.1 Å². The molecule has 0 spiro atoms. The highest BCUT2D eigenvalue weighted by molar-refractivity contribution is 6.31. The van der Waals surface area contributed by atoms with Gasteiger partial charge in [0.2, 0.25) is 0 Å². The van der Waals surface area contributed by atoms with Crippen LogP contribution in [0.25, 0.3) is 10.9 Å². The van der Waals surface area contributed by atoms with Gasteiger partial charge >= 0.3 is 0 Å². The number of carbonyl (C=O) groups is 1. The Kier molecular flexibility index (Phi) is 4.51. The van der Waals surface area contributed by atoms with E-state index < -0.39 is 0 Å². The minimum absolute atomic E-state index is 0.0570. The van der Waals surface area contributed by atoms with E-state index in [-0.39, 0.29) is 5.91 Å². The number of likely N-dealkylation sites (tertiary alicyclic amines) is 1. The molecule has 5 heteroatoms. The van der Waals surface area contributed by atoms with Crippen LogP contribution in [0.2, 0.25) is 5.02 Å². The zero-order valence-electron chi connectivity index (χ0n) is 14.0. The molecule has 0 bridgehead atoms. The first kappa shape index (κ1) is 16.0. The Balaban J connectivity index is 1.61. The van der Waals surface area contributed by atoms with Gasteiger partial charge in [0, 0.05) is 29.0 Å². The zero-order valence-corrected chi connectivity index (χ0v) is 14.7. The average Bonchev–Trinajstić information content (AvgIpc) is 2.91. The maximum absolute atomic E-state index is 12.5. The van der Waals surface area contributed by atoms with Crippen molar-refractivity contribution in [2.45, 2.75) is 38.6 Å². The molecule has 1 fully saturated rings. The molecule has 4 nitrogen and oxygen atoms in total. The number of amides is 1. The van der Waals surface area contributed by atoms with Gasteiger partial charge in [0.15, 0.2) is 0 Å². The molecule has 24 heavy (non-hydrogen) atoms. The summed E-state index contributed by atoms with van der Waals surface area (Å²) in [6.45, 7) is 5.16. The van der Waals surface area contributed by atoms with Gasteiger partial charge in [0.25, 0.3) is 5.91 Å². The van der Waals surface area contributed by atoms with Gasteiger partial charge in [-0.25, -0.2) is 0 Å². The number of hydrogen-bond acceptors (Lipinski definition) is 2. The number of benzene rings is 1. The summed E-state index contributed by atoms with van der Waals surface area (Å²) in [5.41, 5.74) is 3.14. The molecule has 3 heterocycles. The fourth-order valence-electron chi connectivity index (χ4n) is 4.16. The molecule has 2 aromatic rings. The standard InChI is InChI=1S/C19H24ClN3O/c20-14-5-6-17-16(13-14)15-7-8-21-19(24)18(15)23(17)12-4-11-22-9-2-1-3-10-22/h5-6,13H,1-4,7-12H2,(H,21,24). The number of aromatic nitrogens is 1. The van der Waals surface area contributed by atoms with Crippen LogP contribution in [0.15, 0.2) is 18.2 Å². The summed E-state index contributed by atoms with van der Waals surface area (Å²) in [6.07, 6.45) is 5.97. The smallest absolute Gasteiger partial charge is 0.268 e. The third kappa shape index (κ3) is 2.93. The molecule has 1 aromatic carbocycles. The van der Waals surface area contributed by atoms with Crippen LogP contribution in [-0.2, 0) is 13.0 Å². The van der Waals surface area contributed by atoms with Gasteiger partial charge in [0.05, 0.1) is 0 Å². The predicted molar refractivity (Wildman–Crippen MR) is 97.9 cm³/mol. The van der Waals surface area contributed by atoms with Crippen molar-refractivity contribution in [1.29, 1.82) is 0 Å². The van der Waals surface area contributed by atoms with E-state index in [0.29, 0.717) is 6.54 Å². The second-order valence-electron chi connectivity index (χ2n) is 6.90. The highest BCUT2D eigenvalue weighted by Gasteiger charge is 2.25. The van der Waals surface area contributed by atoms with Gasteiger partial charge in [-0.3, -0.25) is 4.79 Å². The van der Waals surface area contributed by atoms with Crippen LogP contribution in [0, 0.1) is 0 Å². The number of fused-ring (bicyclic) bond motifs is 3. The first-order valence-electron chi connectivity index (χ1n) is 9.05. The lowest BCUT2D eigenvalue weighted by atomic mass is 10.0. The molecule has 0 radical (unpaired) electrons. The van der Waals surface area contributed by atoms with Gasteiger partial charge in [-0.2, -0.15) is 0 Å². The normalized spacial score (nSPS) is 18.6. The molecule has 1 amide bonds. The maximum atomic E-state index is 12.5. The van der Waals surface area contributed by atoms with Crippen molar-refractivity contribution in [3.63, 3.8) is 0 Å². The van der Waals surface area contributed by atoms with Gasteiger partial charge in [0.1, 0.15) is 5.69 Å². The topological polar surface area (TPSA) is 37.3 Å². The van der Waals surface area contributed by atoms with Crippen molar-refractivity contribution < 1.29 is 4.79 Å². The lowest BCUT2D eigenvalue weighted by Crippen LogP contribution is -2.34. The van der Waals surface area contributed by atoms with Gasteiger partial charge < -0.3 is 14.8 Å². The third-order valence-corrected chi connectivity index (χ3v) is 5.55. The fraction of sp³-hybridized carbons (Fsp3) is 0.526. The highest BCUT2D eigenvalue weighted by Crippen LogP contribution is 2.31. The number of aryl methyl sites for hydroxylation is 1. The van der Waals surface area contributed by atoms with Gasteiger partial charge in [-0.15, -0.1) is 0 Å². The van der Waals surface area contributed by atoms with Crippen LogP contribution in [0.4, 0.5) is 0 Å². The number of halogens is 1. The Bertz CT molecular complexity index is 762. The predicted octanol–water partition coefficient (Wildman–Crippen LogP) is 3.46. The highest BCUT2D eigenvalue weighted by atomic mass is 35.5. The molecule has 0 saturated carbocycles. The molecule has 1 aromatic heterocycles. The van der Waals surface area contributed by atoms with Crippen molar-refractivity contribution >= 4 is 28.4 Å². The van der Waals surface area contributed by atoms with Gasteiger partial charge in [-0.1, -0.05) is 18.0 Å². The molecule has 0 atom stereocenters. The second-order valence-corrected chi connectivity index (χ2v) is 7.34. The lowest BCUT2D eigenvalue weighted by Gasteiger charge is -2.26. The third-order valence-electron chi connectivity index (χ3n) is 5.31. The Morgan fingerprint density at radius 2 is 1.96 bits per heavy atom. The summed E-state index contributed by atoms with van der Waals surface area (Å²) in [4.78, 5) is 15.0. The molecule has 1 saturated heterocycles. The van der Waals surface area contributed by atoms with Crippen molar-refractivity contribution in [1.82, 2.24) is 14.8 Å². The largest absolute Gasteiger partial charge is 0.350 e. The van der Waals surface area contributed by atoms with Crippen LogP contribution in [0.3, 0.4) is 0 Å². The van der Waals surface area contributed by atoms with E-state index in [9.17, 15) is 4.79 Å². The van der Waals surface area contributed by atoms with Crippen LogP contribution in [0.1, 0.15) is 41.7 Å². The van der Waals surface area contributed by atoms with E-state index in [1.807, 2.05) is 12.1 Å². The van der Waals surface area contributed by atoms with E-state index in [1.165, 1.54) is 32.4 Å². The first-order chi connectivity index (χ1) is 11.7. The van der Waals surface area contributed by atoms with E-state index >= 15 is 0 Å². The fourth-order valence-corrected chi connectivity index (χ4v) is 4.33. The molecule has 0 aliphatic carbocycles. The van der Waals surface area contributed by atoms with E-state index in [1.54, 1.807) is 0 Å². The SMILES string of the molecule is O=C1NCCc2c1n(CCCN1CCCCC1)c1ccc(Cl)cc21. The van der Waals surface area contributed by atoms with Crippen LogP contribution < -0.4 is 5.32 Å². The Morgan fingerprint density at radius 3 is 2.79 bits per heavy atom. The summed E-state index contributed by atoms with van der Waals surface area (Å²) >= 11 is 6.20. The average molecular weight is 346 g/mol. The number of carbonyl (C=O) groups excluding carboxylic acids is 1. The van der Waals surface area contributed by atoms with Crippen molar-refractivity contribution in [2.24, 2.45) is 0 Å². The van der Waals surface area contributed by atoms with Crippen molar-refractivity contribution in [3.05, 3.63) is 34.5 Å². The number of nitrogens with zero attached hydrogens (tertiary/aromatic N) is 2. The number of rotatable bonds is 4. The minimum atomic E-state index is 0.0570. The summed E-state index contributed by atoms with van der Waals surface area (Å²) in [5.74, 6) is 0.0570. The number of piperidine rings is 1. The van der Waals surface area contributed by atoms with E-state index in [4.69, 9.17) is 11.6 Å². The summed E-state index contributed by atoms with van der Waals surface area (Å²) < 4.78 is 2.21. The molecular formula is C19H24ClN3O. The quantitative estimate of drug-likeness (QED) is 0.921. The second kappa shape index (κ2) is 6.77. The Hall–Kier alpha value is -1.52. The molecule has 4 rings (SSSR count). The summed E-state index contributed by atoms with van der Waals surface area (Å²) in [7, 11) is 0. The van der Waals surface area contributed by atoms with Crippen molar-refractivity contribution in [3.8, 4) is 0 Å². The molecule has 128 valence electrons. The van der Waals surface area contributed by atoms with Gasteiger partial charge in [-0.05, 0) is 69.1 Å².